The summed E-state index contributed by atoms with van der Waals surface area (Å²) < 4.78 is 26.7. The van der Waals surface area contributed by atoms with Gasteiger partial charge in [0.05, 0.1) is 15.6 Å². The minimum absolute atomic E-state index is 0.173. The summed E-state index contributed by atoms with van der Waals surface area (Å²) in [6.45, 7) is 0. The number of thiocyanates is 1. The first-order valence-corrected chi connectivity index (χ1v) is 8.14. The largest absolute Gasteiger partial charge is 0.280 e. The Kier molecular flexibility index (Phi) is 4.55. The van der Waals surface area contributed by atoms with Gasteiger partial charge in [-0.3, -0.25) is 4.72 Å². The molecule has 0 spiro atoms. The topological polar surface area (TPSA) is 70.0 Å². The fourth-order valence-electron chi connectivity index (χ4n) is 1.51. The van der Waals surface area contributed by atoms with Crippen molar-refractivity contribution in [1.29, 1.82) is 5.26 Å². The van der Waals surface area contributed by atoms with Gasteiger partial charge in [-0.25, -0.2) is 8.42 Å². The van der Waals surface area contributed by atoms with Crippen molar-refractivity contribution >= 4 is 39.1 Å². The van der Waals surface area contributed by atoms with Crippen molar-refractivity contribution in [3.8, 4) is 5.40 Å². The monoisotopic (exact) mass is 324 g/mol. The molecule has 0 amide bonds. The molecule has 2 aromatic carbocycles. The van der Waals surface area contributed by atoms with Gasteiger partial charge in [-0.2, -0.15) is 5.26 Å². The van der Waals surface area contributed by atoms with Gasteiger partial charge in [0.25, 0.3) is 10.0 Å². The molecular formula is C13H9ClN2O2S2. The Hall–Kier alpha value is -1.68. The summed E-state index contributed by atoms with van der Waals surface area (Å²) in [7, 11) is -3.64. The molecule has 0 bridgehead atoms. The number of hydrogen-bond donors (Lipinski definition) is 1. The van der Waals surface area contributed by atoms with Crippen molar-refractivity contribution < 1.29 is 8.42 Å². The molecule has 0 unspecified atom stereocenters. The van der Waals surface area contributed by atoms with Crippen LogP contribution in [0.2, 0.25) is 5.02 Å². The number of nitriles is 1. The van der Waals surface area contributed by atoms with E-state index in [1.807, 2.05) is 5.40 Å². The number of hydrogen-bond acceptors (Lipinski definition) is 4. The highest BCUT2D eigenvalue weighted by atomic mass is 35.5. The van der Waals surface area contributed by atoms with E-state index < -0.39 is 10.0 Å². The van der Waals surface area contributed by atoms with Crippen LogP contribution < -0.4 is 4.72 Å². The van der Waals surface area contributed by atoms with Crippen molar-refractivity contribution in [3.63, 3.8) is 0 Å². The summed E-state index contributed by atoms with van der Waals surface area (Å²) >= 11 is 6.90. The van der Waals surface area contributed by atoms with E-state index in [4.69, 9.17) is 16.9 Å². The molecule has 0 aliphatic heterocycles. The first kappa shape index (κ1) is 14.7. The summed E-state index contributed by atoms with van der Waals surface area (Å²) in [5.41, 5.74) is 0.348. The number of sulfonamides is 1. The van der Waals surface area contributed by atoms with Gasteiger partial charge in [0, 0.05) is 4.90 Å². The summed E-state index contributed by atoms with van der Waals surface area (Å²) in [4.78, 5) is 0.753. The van der Waals surface area contributed by atoms with E-state index in [2.05, 4.69) is 4.72 Å². The number of thioether (sulfide) groups is 1. The molecule has 7 heteroatoms. The van der Waals surface area contributed by atoms with Crippen molar-refractivity contribution in [2.75, 3.05) is 4.72 Å². The van der Waals surface area contributed by atoms with Gasteiger partial charge in [0.1, 0.15) is 5.40 Å². The molecule has 0 heterocycles. The van der Waals surface area contributed by atoms with Crippen LogP contribution in [-0.4, -0.2) is 8.42 Å². The van der Waals surface area contributed by atoms with Crippen LogP contribution >= 0.6 is 23.4 Å². The van der Waals surface area contributed by atoms with Crippen LogP contribution in [0.25, 0.3) is 0 Å². The highest BCUT2D eigenvalue weighted by Crippen LogP contribution is 2.29. The zero-order chi connectivity index (χ0) is 14.6. The quantitative estimate of drug-likeness (QED) is 0.687. The zero-order valence-corrected chi connectivity index (χ0v) is 12.5. The van der Waals surface area contributed by atoms with E-state index in [9.17, 15) is 8.42 Å². The molecule has 0 aliphatic rings. The third-order valence-corrected chi connectivity index (χ3v) is 4.88. The number of halogens is 1. The number of benzene rings is 2. The summed E-state index contributed by atoms with van der Waals surface area (Å²) in [5.74, 6) is 0. The van der Waals surface area contributed by atoms with E-state index in [1.165, 1.54) is 18.2 Å². The Balaban J connectivity index is 2.27. The molecule has 0 saturated carbocycles. The van der Waals surface area contributed by atoms with Gasteiger partial charge in [0.2, 0.25) is 0 Å². The fourth-order valence-corrected chi connectivity index (χ4v) is 3.27. The SMILES string of the molecule is N#CSc1ccc(NS(=O)(=O)c2ccccc2)cc1Cl. The zero-order valence-electron chi connectivity index (χ0n) is 10.1. The van der Waals surface area contributed by atoms with E-state index in [-0.39, 0.29) is 4.90 Å². The lowest BCUT2D eigenvalue weighted by molar-refractivity contribution is 0.601. The summed E-state index contributed by atoms with van der Waals surface area (Å²) in [5, 5.41) is 10.8. The molecule has 0 fully saturated rings. The third-order valence-electron chi connectivity index (χ3n) is 2.39. The summed E-state index contributed by atoms with van der Waals surface area (Å²) in [6, 6.07) is 12.7. The van der Waals surface area contributed by atoms with Gasteiger partial charge in [-0.1, -0.05) is 29.8 Å². The number of rotatable bonds is 4. The highest BCUT2D eigenvalue weighted by Gasteiger charge is 2.14. The number of anilines is 1. The van der Waals surface area contributed by atoms with Crippen molar-refractivity contribution in [2.24, 2.45) is 0 Å². The second-order valence-electron chi connectivity index (χ2n) is 3.76. The average Bonchev–Trinajstić information content (AvgIpc) is 2.43. The second-order valence-corrected chi connectivity index (χ2v) is 6.67. The van der Waals surface area contributed by atoms with Gasteiger partial charge < -0.3 is 0 Å². The first-order chi connectivity index (χ1) is 9.53. The molecule has 20 heavy (non-hydrogen) atoms. The van der Waals surface area contributed by atoms with Gasteiger partial charge in [-0.05, 0) is 42.1 Å². The van der Waals surface area contributed by atoms with Crippen LogP contribution in [0.1, 0.15) is 0 Å². The standard InChI is InChI=1S/C13H9ClN2O2S2/c14-12-8-10(6-7-13(12)19-9-15)16-20(17,18)11-4-2-1-3-5-11/h1-8,16H. The van der Waals surface area contributed by atoms with Crippen LogP contribution in [0, 0.1) is 10.7 Å². The maximum absolute atomic E-state index is 12.1. The predicted molar refractivity (Wildman–Crippen MR) is 80.2 cm³/mol. The Morgan fingerprint density at radius 3 is 2.45 bits per heavy atom. The van der Waals surface area contributed by atoms with Crippen LogP contribution in [-0.2, 0) is 10.0 Å². The molecule has 0 aromatic heterocycles. The van der Waals surface area contributed by atoms with E-state index in [0.717, 1.165) is 11.8 Å². The Labute approximate surface area is 126 Å². The van der Waals surface area contributed by atoms with Gasteiger partial charge in [0.15, 0.2) is 0 Å². The van der Waals surface area contributed by atoms with Crippen LogP contribution in [0.5, 0.6) is 0 Å². The fraction of sp³-hybridized carbons (Fsp3) is 0. The second kappa shape index (κ2) is 6.18. The lowest BCUT2D eigenvalue weighted by atomic mass is 10.3. The molecule has 2 aromatic rings. The minimum Gasteiger partial charge on any atom is -0.280 e. The third kappa shape index (κ3) is 3.45. The van der Waals surface area contributed by atoms with Crippen molar-refractivity contribution in [3.05, 3.63) is 53.6 Å². The number of nitrogens with zero attached hydrogens (tertiary/aromatic N) is 1. The van der Waals surface area contributed by atoms with Crippen molar-refractivity contribution in [1.82, 2.24) is 0 Å². The van der Waals surface area contributed by atoms with Crippen LogP contribution in [0.3, 0.4) is 0 Å². The van der Waals surface area contributed by atoms with Gasteiger partial charge in [-0.15, -0.1) is 0 Å². The van der Waals surface area contributed by atoms with E-state index >= 15 is 0 Å². The lowest BCUT2D eigenvalue weighted by Gasteiger charge is -2.09. The Morgan fingerprint density at radius 1 is 1.15 bits per heavy atom. The van der Waals surface area contributed by atoms with E-state index in [1.54, 1.807) is 30.3 Å². The maximum Gasteiger partial charge on any atom is 0.261 e. The normalized spacial score (nSPS) is 10.8. The molecule has 0 radical (unpaired) electrons. The van der Waals surface area contributed by atoms with Gasteiger partial charge >= 0.3 is 0 Å². The van der Waals surface area contributed by atoms with Crippen LogP contribution in [0.4, 0.5) is 5.69 Å². The Bertz CT molecular complexity index is 756. The molecular weight excluding hydrogens is 316 g/mol. The smallest absolute Gasteiger partial charge is 0.261 e. The first-order valence-electron chi connectivity index (χ1n) is 5.46. The minimum atomic E-state index is -3.64. The molecule has 0 saturated heterocycles. The molecule has 4 nitrogen and oxygen atoms in total. The lowest BCUT2D eigenvalue weighted by Crippen LogP contribution is -2.12. The van der Waals surface area contributed by atoms with Crippen LogP contribution in [0.15, 0.2) is 58.3 Å². The van der Waals surface area contributed by atoms with E-state index in [0.29, 0.717) is 15.6 Å². The predicted octanol–water partition coefficient (Wildman–Crippen LogP) is 3.71. The highest BCUT2D eigenvalue weighted by molar-refractivity contribution is 8.03. The average molecular weight is 325 g/mol. The summed E-state index contributed by atoms with van der Waals surface area (Å²) in [6.07, 6.45) is 0. The maximum atomic E-state index is 12.1. The number of nitrogens with one attached hydrogen (secondary N) is 1. The Morgan fingerprint density at radius 2 is 1.85 bits per heavy atom. The molecule has 2 rings (SSSR count). The molecule has 1 N–H and O–H groups in total. The molecule has 0 aliphatic carbocycles. The molecule has 102 valence electrons. The molecule has 0 atom stereocenters. The van der Waals surface area contributed by atoms with Crippen molar-refractivity contribution in [2.45, 2.75) is 9.79 Å².